The third-order valence-electron chi connectivity index (χ3n) is 3.68. The van der Waals surface area contributed by atoms with Gasteiger partial charge in [0.05, 0.1) is 23.4 Å². The van der Waals surface area contributed by atoms with Crippen LogP contribution in [0.25, 0.3) is 0 Å². The summed E-state index contributed by atoms with van der Waals surface area (Å²) in [7, 11) is 0. The number of nitrogens with two attached hydrogens (primary N) is 1. The minimum atomic E-state index is -4.45. The third kappa shape index (κ3) is 3.96. The van der Waals surface area contributed by atoms with Crippen molar-refractivity contribution < 1.29 is 26.9 Å². The molecule has 136 valence electrons. The molecule has 0 amide bonds. The van der Waals surface area contributed by atoms with E-state index < -0.39 is 23.6 Å². The van der Waals surface area contributed by atoms with E-state index in [9.17, 15) is 18.0 Å². The molecule has 1 unspecified atom stereocenters. The normalized spacial score (nSPS) is 17.3. The summed E-state index contributed by atoms with van der Waals surface area (Å²) in [5.41, 5.74) is 6.17. The minimum Gasteiger partial charge on any atom is -0.460 e. The van der Waals surface area contributed by atoms with Crippen LogP contribution in [0.1, 0.15) is 22.8 Å². The highest BCUT2D eigenvalue weighted by Gasteiger charge is 2.38. The number of rotatable bonds is 5. The van der Waals surface area contributed by atoms with Gasteiger partial charge in [-0.25, -0.2) is 0 Å². The number of hydrogen-bond acceptors (Lipinski definition) is 5. The van der Waals surface area contributed by atoms with Crippen molar-refractivity contribution in [2.75, 3.05) is 0 Å². The number of benzene rings is 2. The van der Waals surface area contributed by atoms with Crippen LogP contribution in [-0.4, -0.2) is 5.78 Å². The first-order chi connectivity index (χ1) is 12.4. The number of ketones is 1. The maximum Gasteiger partial charge on any atom is 0.416 e. The first-order valence-electron chi connectivity index (χ1n) is 7.57. The van der Waals surface area contributed by atoms with Gasteiger partial charge in [-0.1, -0.05) is 42.5 Å². The molecular weight excluding hydrogens is 367 g/mol. The largest absolute Gasteiger partial charge is 0.460 e. The lowest BCUT2D eigenvalue weighted by molar-refractivity contribution is -0.137. The molecule has 0 radical (unpaired) electrons. The Kier molecular flexibility index (Phi) is 5.13. The Labute approximate surface area is 152 Å². The first-order valence-corrected chi connectivity index (χ1v) is 8.48. The van der Waals surface area contributed by atoms with Crippen molar-refractivity contribution >= 4 is 17.8 Å². The molecule has 2 N–H and O–H groups in total. The average molecular weight is 381 g/mol. The van der Waals surface area contributed by atoms with Gasteiger partial charge in [-0.3, -0.25) is 4.79 Å². The second kappa shape index (κ2) is 7.33. The monoisotopic (exact) mass is 381 g/mol. The molecule has 0 saturated heterocycles. The molecule has 0 bridgehead atoms. The standard InChI is InChI=1S/C18H14F3NO3S/c19-18(20,21)13-8-6-12(7-9-13)15-14(23)16(17(22)24-15)25-26-10-11-4-2-1-3-5-11/h1-9,15H,10,22H2. The highest BCUT2D eigenvalue weighted by molar-refractivity contribution is 7.94. The number of alkyl halides is 3. The highest BCUT2D eigenvalue weighted by Crippen LogP contribution is 2.35. The molecule has 8 heteroatoms. The summed E-state index contributed by atoms with van der Waals surface area (Å²) in [5, 5.41) is 0. The minimum absolute atomic E-state index is 0.129. The van der Waals surface area contributed by atoms with E-state index in [0.717, 1.165) is 29.7 Å². The Morgan fingerprint density at radius 2 is 1.73 bits per heavy atom. The van der Waals surface area contributed by atoms with Crippen LogP contribution in [0, 0.1) is 0 Å². The van der Waals surface area contributed by atoms with Crippen molar-refractivity contribution in [3.05, 3.63) is 82.9 Å². The Balaban J connectivity index is 1.64. The molecular formula is C18H14F3NO3S. The van der Waals surface area contributed by atoms with Crippen molar-refractivity contribution in [2.24, 2.45) is 5.73 Å². The first kappa shape index (κ1) is 18.2. The molecule has 1 heterocycles. The van der Waals surface area contributed by atoms with Gasteiger partial charge in [-0.05, 0) is 17.7 Å². The summed E-state index contributed by atoms with van der Waals surface area (Å²) in [6.07, 6.45) is -5.55. The summed E-state index contributed by atoms with van der Waals surface area (Å²) in [4.78, 5) is 12.4. The second-order valence-corrected chi connectivity index (χ2v) is 6.20. The van der Waals surface area contributed by atoms with Crippen LogP contribution in [0.4, 0.5) is 13.2 Å². The second-order valence-electron chi connectivity index (χ2n) is 5.51. The zero-order valence-electron chi connectivity index (χ0n) is 13.3. The lowest BCUT2D eigenvalue weighted by Gasteiger charge is -2.12. The topological polar surface area (TPSA) is 61.5 Å². The fourth-order valence-corrected chi connectivity index (χ4v) is 3.02. The van der Waals surface area contributed by atoms with Gasteiger partial charge in [0.1, 0.15) is 0 Å². The number of carbonyl (C=O) groups excluding carboxylic acids is 1. The zero-order chi connectivity index (χ0) is 18.7. The lowest BCUT2D eigenvalue weighted by atomic mass is 10.0. The van der Waals surface area contributed by atoms with E-state index >= 15 is 0 Å². The van der Waals surface area contributed by atoms with Gasteiger partial charge >= 0.3 is 6.18 Å². The van der Waals surface area contributed by atoms with Gasteiger partial charge in [0.2, 0.25) is 17.4 Å². The molecule has 4 nitrogen and oxygen atoms in total. The van der Waals surface area contributed by atoms with Gasteiger partial charge in [0, 0.05) is 5.56 Å². The Morgan fingerprint density at radius 3 is 2.35 bits per heavy atom. The van der Waals surface area contributed by atoms with Crippen LogP contribution in [-0.2, 0) is 25.6 Å². The maximum absolute atomic E-state index is 12.6. The molecule has 1 atom stereocenters. The fraction of sp³-hybridized carbons (Fsp3) is 0.167. The van der Waals surface area contributed by atoms with E-state index in [2.05, 4.69) is 0 Å². The molecule has 2 aromatic carbocycles. The van der Waals surface area contributed by atoms with Crippen LogP contribution in [0.3, 0.4) is 0 Å². The number of hydrogen-bond donors (Lipinski definition) is 1. The van der Waals surface area contributed by atoms with E-state index in [1.807, 2.05) is 30.3 Å². The van der Waals surface area contributed by atoms with Gasteiger partial charge in [0.25, 0.3) is 0 Å². The van der Waals surface area contributed by atoms with Crippen molar-refractivity contribution in [3.63, 3.8) is 0 Å². The van der Waals surface area contributed by atoms with Crippen molar-refractivity contribution in [1.29, 1.82) is 0 Å². The van der Waals surface area contributed by atoms with Crippen LogP contribution in [0.2, 0.25) is 0 Å². The summed E-state index contributed by atoms with van der Waals surface area (Å²) in [6.45, 7) is 0. The maximum atomic E-state index is 12.6. The van der Waals surface area contributed by atoms with E-state index in [-0.39, 0.29) is 17.2 Å². The van der Waals surface area contributed by atoms with Gasteiger partial charge in [0.15, 0.2) is 6.10 Å². The van der Waals surface area contributed by atoms with Crippen molar-refractivity contribution in [2.45, 2.75) is 18.0 Å². The average Bonchev–Trinajstić information content (AvgIpc) is 2.90. The molecule has 0 aliphatic carbocycles. The van der Waals surface area contributed by atoms with E-state index in [1.54, 1.807) is 0 Å². The molecule has 3 rings (SSSR count). The summed E-state index contributed by atoms with van der Waals surface area (Å²) < 4.78 is 48.5. The summed E-state index contributed by atoms with van der Waals surface area (Å²) in [5.74, 6) is -0.338. The van der Waals surface area contributed by atoms with Crippen molar-refractivity contribution in [3.8, 4) is 0 Å². The van der Waals surface area contributed by atoms with E-state index in [1.165, 1.54) is 12.1 Å². The molecule has 2 aromatic rings. The van der Waals surface area contributed by atoms with Crippen LogP contribution in [0.5, 0.6) is 0 Å². The van der Waals surface area contributed by atoms with Crippen LogP contribution < -0.4 is 5.73 Å². The molecule has 1 aliphatic heterocycles. The fourth-order valence-electron chi connectivity index (χ4n) is 2.35. The Hall–Kier alpha value is -2.61. The highest BCUT2D eigenvalue weighted by atomic mass is 32.2. The molecule has 1 aliphatic rings. The van der Waals surface area contributed by atoms with Gasteiger partial charge in [-0.2, -0.15) is 13.2 Å². The van der Waals surface area contributed by atoms with Crippen LogP contribution in [0.15, 0.2) is 66.2 Å². The van der Waals surface area contributed by atoms with E-state index in [0.29, 0.717) is 5.75 Å². The molecule has 0 saturated carbocycles. The summed E-state index contributed by atoms with van der Waals surface area (Å²) >= 11 is 1.03. The Morgan fingerprint density at radius 1 is 1.08 bits per heavy atom. The molecule has 26 heavy (non-hydrogen) atoms. The number of carbonyl (C=O) groups is 1. The summed E-state index contributed by atoms with van der Waals surface area (Å²) in [6, 6.07) is 13.6. The number of Topliss-reactive ketones (excluding diaryl/α,β-unsaturated/α-hetero) is 1. The van der Waals surface area contributed by atoms with Gasteiger partial charge < -0.3 is 14.7 Å². The smallest absolute Gasteiger partial charge is 0.416 e. The third-order valence-corrected chi connectivity index (χ3v) is 4.42. The quantitative estimate of drug-likeness (QED) is 0.781. The zero-order valence-corrected chi connectivity index (χ0v) is 14.1. The molecule has 0 aromatic heterocycles. The number of halogens is 3. The SMILES string of the molecule is NC1=C(OSCc2ccccc2)C(=O)C(c2ccc(C(F)(F)F)cc2)O1. The van der Waals surface area contributed by atoms with Gasteiger partial charge in [-0.15, -0.1) is 0 Å². The van der Waals surface area contributed by atoms with Crippen LogP contribution >= 0.6 is 12.0 Å². The molecule has 0 fully saturated rings. The Bertz CT molecular complexity index is 820. The number of ether oxygens (including phenoxy) is 1. The predicted molar refractivity (Wildman–Crippen MR) is 90.3 cm³/mol. The predicted octanol–water partition coefficient (Wildman–Crippen LogP) is 4.34. The van der Waals surface area contributed by atoms with E-state index in [4.69, 9.17) is 14.7 Å². The molecule has 0 spiro atoms. The lowest BCUT2D eigenvalue weighted by Crippen LogP contribution is -2.11. The van der Waals surface area contributed by atoms with Crippen molar-refractivity contribution in [1.82, 2.24) is 0 Å².